The Labute approximate surface area is 134 Å². The van der Waals surface area contributed by atoms with Gasteiger partial charge >= 0.3 is 0 Å². The molecule has 6 heteroatoms. The van der Waals surface area contributed by atoms with Crippen molar-refractivity contribution in [3.05, 3.63) is 21.9 Å². The summed E-state index contributed by atoms with van der Waals surface area (Å²) in [5.74, 6) is -0.133. The van der Waals surface area contributed by atoms with E-state index in [4.69, 9.17) is 5.26 Å². The van der Waals surface area contributed by atoms with Gasteiger partial charge in [-0.25, -0.2) is 0 Å². The molecule has 1 aliphatic carbocycles. The van der Waals surface area contributed by atoms with Gasteiger partial charge in [-0.15, -0.1) is 11.3 Å². The van der Waals surface area contributed by atoms with Crippen molar-refractivity contribution in [2.75, 3.05) is 13.1 Å². The van der Waals surface area contributed by atoms with E-state index >= 15 is 0 Å². The number of thiophene rings is 1. The van der Waals surface area contributed by atoms with Crippen molar-refractivity contribution in [1.29, 1.82) is 5.26 Å². The van der Waals surface area contributed by atoms with Gasteiger partial charge in [-0.2, -0.15) is 5.26 Å². The molecule has 1 saturated heterocycles. The molecule has 22 heavy (non-hydrogen) atoms. The zero-order valence-electron chi connectivity index (χ0n) is 12.5. The largest absolute Gasteiger partial charge is 0.383 e. The van der Waals surface area contributed by atoms with Crippen LogP contribution in [0.2, 0.25) is 0 Å². The van der Waals surface area contributed by atoms with Crippen LogP contribution in [0.3, 0.4) is 0 Å². The van der Waals surface area contributed by atoms with Gasteiger partial charge in [-0.3, -0.25) is 9.69 Å². The Morgan fingerprint density at radius 2 is 2.14 bits per heavy atom. The van der Waals surface area contributed by atoms with Crippen LogP contribution in [-0.4, -0.2) is 41.1 Å². The van der Waals surface area contributed by atoms with Gasteiger partial charge in [-0.1, -0.05) is 0 Å². The zero-order valence-corrected chi connectivity index (χ0v) is 13.3. The summed E-state index contributed by atoms with van der Waals surface area (Å²) in [4.78, 5) is 16.2. The normalized spacial score (nSPS) is 21.3. The summed E-state index contributed by atoms with van der Waals surface area (Å²) in [5.41, 5.74) is 0. The van der Waals surface area contributed by atoms with Crippen LogP contribution in [0.25, 0.3) is 0 Å². The second kappa shape index (κ2) is 6.78. The highest BCUT2D eigenvalue weighted by Gasteiger charge is 2.32. The van der Waals surface area contributed by atoms with Crippen molar-refractivity contribution in [1.82, 2.24) is 10.2 Å². The molecule has 1 aromatic rings. The predicted molar refractivity (Wildman–Crippen MR) is 84.2 cm³/mol. The lowest BCUT2D eigenvalue weighted by molar-refractivity contribution is -0.133. The maximum absolute atomic E-state index is 11.9. The third-order valence-electron chi connectivity index (χ3n) is 4.42. The van der Waals surface area contributed by atoms with Crippen molar-refractivity contribution in [2.24, 2.45) is 5.92 Å². The Kier molecular flexibility index (Phi) is 4.77. The molecule has 0 bridgehead atoms. The molecule has 118 valence electrons. The number of nitriles is 1. The first-order valence-electron chi connectivity index (χ1n) is 7.85. The van der Waals surface area contributed by atoms with E-state index in [-0.39, 0.29) is 11.8 Å². The Bertz CT molecular complexity index is 568. The number of likely N-dealkylation sites (tertiary alicyclic amines) is 1. The Morgan fingerprint density at radius 3 is 2.73 bits per heavy atom. The van der Waals surface area contributed by atoms with Gasteiger partial charge in [0.25, 0.3) is 0 Å². The molecule has 3 rings (SSSR count). The standard InChI is InChI=1S/C16H21N3O2S/c17-9-13-3-4-14(22-13)10-19-7-5-11(6-8-19)15(20)16(21)18-12-1-2-12/h3-4,11-12,15,20H,1-2,5-8,10H2,(H,18,21)/t15-/m1/s1. The van der Waals surface area contributed by atoms with Gasteiger partial charge in [0.1, 0.15) is 17.1 Å². The van der Waals surface area contributed by atoms with Crippen molar-refractivity contribution >= 4 is 17.2 Å². The molecule has 2 fully saturated rings. The lowest BCUT2D eigenvalue weighted by Gasteiger charge is -2.33. The van der Waals surface area contributed by atoms with Crippen LogP contribution in [0.15, 0.2) is 12.1 Å². The molecule has 1 atom stereocenters. The molecule has 1 saturated carbocycles. The third-order valence-corrected chi connectivity index (χ3v) is 5.40. The van der Waals surface area contributed by atoms with E-state index in [0.717, 1.165) is 50.2 Å². The topological polar surface area (TPSA) is 76.4 Å². The number of amides is 1. The minimum absolute atomic E-state index is 0.0630. The number of carbonyl (C=O) groups is 1. The SMILES string of the molecule is N#Cc1ccc(CN2CCC([C@@H](O)C(=O)NC3CC3)CC2)s1. The van der Waals surface area contributed by atoms with E-state index in [1.54, 1.807) is 0 Å². The molecule has 5 nitrogen and oxygen atoms in total. The van der Waals surface area contributed by atoms with Crippen molar-refractivity contribution < 1.29 is 9.90 Å². The maximum atomic E-state index is 11.9. The number of carbonyl (C=O) groups excluding carboxylic acids is 1. The summed E-state index contributed by atoms with van der Waals surface area (Å²) in [6, 6.07) is 6.33. The Hall–Kier alpha value is -1.42. The maximum Gasteiger partial charge on any atom is 0.249 e. The molecule has 0 radical (unpaired) electrons. The van der Waals surface area contributed by atoms with Crippen LogP contribution in [0.4, 0.5) is 0 Å². The van der Waals surface area contributed by atoms with Crippen LogP contribution >= 0.6 is 11.3 Å². The first kappa shape index (κ1) is 15.5. The summed E-state index contributed by atoms with van der Waals surface area (Å²) >= 11 is 1.54. The van der Waals surface area contributed by atoms with E-state index < -0.39 is 6.10 Å². The van der Waals surface area contributed by atoms with Crippen molar-refractivity contribution in [3.63, 3.8) is 0 Å². The number of hydrogen-bond acceptors (Lipinski definition) is 5. The molecular formula is C16H21N3O2S. The van der Waals surface area contributed by atoms with Crippen molar-refractivity contribution in [2.45, 2.75) is 44.4 Å². The lowest BCUT2D eigenvalue weighted by atomic mass is 9.90. The van der Waals surface area contributed by atoms with Crippen LogP contribution in [0.1, 0.15) is 35.4 Å². The van der Waals surface area contributed by atoms with Gasteiger partial charge in [0.15, 0.2) is 0 Å². The Morgan fingerprint density at radius 1 is 1.41 bits per heavy atom. The smallest absolute Gasteiger partial charge is 0.249 e. The van der Waals surface area contributed by atoms with E-state index in [2.05, 4.69) is 16.3 Å². The summed E-state index contributed by atoms with van der Waals surface area (Å²) in [7, 11) is 0. The number of rotatable bonds is 5. The Balaban J connectivity index is 1.45. The zero-order chi connectivity index (χ0) is 15.5. The fourth-order valence-electron chi connectivity index (χ4n) is 2.90. The molecule has 1 amide bonds. The van der Waals surface area contributed by atoms with Crippen molar-refractivity contribution in [3.8, 4) is 6.07 Å². The molecule has 0 spiro atoms. The first-order valence-corrected chi connectivity index (χ1v) is 8.67. The third kappa shape index (κ3) is 3.86. The first-order chi connectivity index (χ1) is 10.7. The quantitative estimate of drug-likeness (QED) is 0.862. The number of hydrogen-bond donors (Lipinski definition) is 2. The van der Waals surface area contributed by atoms with Crippen LogP contribution in [0, 0.1) is 17.2 Å². The fourth-order valence-corrected chi connectivity index (χ4v) is 3.75. The van der Waals surface area contributed by atoms with Gasteiger partial charge in [-0.05, 0) is 56.8 Å². The molecule has 2 aliphatic rings. The van der Waals surface area contributed by atoms with E-state index in [1.165, 1.54) is 16.2 Å². The average molecular weight is 319 g/mol. The average Bonchev–Trinajstić information content (AvgIpc) is 3.23. The lowest BCUT2D eigenvalue weighted by Crippen LogP contribution is -2.44. The van der Waals surface area contributed by atoms with Gasteiger partial charge < -0.3 is 10.4 Å². The molecule has 1 aromatic heterocycles. The van der Waals surface area contributed by atoms with E-state index in [9.17, 15) is 9.90 Å². The minimum Gasteiger partial charge on any atom is -0.383 e. The number of nitrogens with one attached hydrogen (secondary N) is 1. The molecular weight excluding hydrogens is 298 g/mol. The number of aliphatic hydroxyl groups excluding tert-OH is 1. The van der Waals surface area contributed by atoms with Gasteiger partial charge in [0, 0.05) is 17.5 Å². The van der Waals surface area contributed by atoms with Gasteiger partial charge in [0.05, 0.1) is 0 Å². The molecule has 0 aromatic carbocycles. The summed E-state index contributed by atoms with van der Waals surface area (Å²) in [6.45, 7) is 2.62. The van der Waals surface area contributed by atoms with Crippen LogP contribution in [-0.2, 0) is 11.3 Å². The van der Waals surface area contributed by atoms with E-state index in [1.807, 2.05) is 12.1 Å². The number of piperidine rings is 1. The van der Waals surface area contributed by atoms with Gasteiger partial charge in [0.2, 0.25) is 5.91 Å². The molecule has 2 heterocycles. The second-order valence-electron chi connectivity index (χ2n) is 6.22. The highest BCUT2D eigenvalue weighted by atomic mass is 32.1. The predicted octanol–water partition coefficient (Wildman–Crippen LogP) is 1.47. The summed E-state index contributed by atoms with van der Waals surface area (Å²) < 4.78 is 0. The highest BCUT2D eigenvalue weighted by Crippen LogP contribution is 2.25. The minimum atomic E-state index is -0.866. The summed E-state index contributed by atoms with van der Waals surface area (Å²) in [5, 5.41) is 21.9. The second-order valence-corrected chi connectivity index (χ2v) is 7.39. The molecule has 0 unspecified atom stereocenters. The summed E-state index contributed by atoms with van der Waals surface area (Å²) in [6.07, 6.45) is 2.91. The van der Waals surface area contributed by atoms with Crippen LogP contribution < -0.4 is 5.32 Å². The van der Waals surface area contributed by atoms with Crippen LogP contribution in [0.5, 0.6) is 0 Å². The number of aliphatic hydroxyl groups is 1. The molecule has 2 N–H and O–H groups in total. The number of nitrogens with zero attached hydrogens (tertiary/aromatic N) is 2. The monoisotopic (exact) mass is 319 g/mol. The highest BCUT2D eigenvalue weighted by molar-refractivity contribution is 7.12. The molecule has 1 aliphatic heterocycles. The van der Waals surface area contributed by atoms with E-state index in [0.29, 0.717) is 6.04 Å². The fraction of sp³-hybridized carbons (Fsp3) is 0.625.